The van der Waals surface area contributed by atoms with Crippen LogP contribution in [0.3, 0.4) is 0 Å². The molecule has 9 heteroatoms. The van der Waals surface area contributed by atoms with Gasteiger partial charge in [0.1, 0.15) is 11.8 Å². The van der Waals surface area contributed by atoms with Crippen molar-refractivity contribution in [3.05, 3.63) is 42.5 Å². The van der Waals surface area contributed by atoms with Gasteiger partial charge in [0.25, 0.3) is 0 Å². The predicted octanol–water partition coefficient (Wildman–Crippen LogP) is 2.37. The number of nitrogens with one attached hydrogen (secondary N) is 1. The van der Waals surface area contributed by atoms with Crippen molar-refractivity contribution in [3.8, 4) is 17.0 Å². The minimum Gasteiger partial charge on any atom is -0.479 e. The summed E-state index contributed by atoms with van der Waals surface area (Å²) >= 11 is 0. The molecule has 1 aliphatic carbocycles. The molecule has 4 aromatic rings. The van der Waals surface area contributed by atoms with E-state index in [2.05, 4.69) is 20.2 Å². The quantitative estimate of drug-likeness (QED) is 0.539. The van der Waals surface area contributed by atoms with Gasteiger partial charge < -0.3 is 9.84 Å². The van der Waals surface area contributed by atoms with Crippen LogP contribution in [0.1, 0.15) is 40.4 Å². The smallest absolute Gasteiger partial charge is 0.243 e. The van der Waals surface area contributed by atoms with Crippen LogP contribution >= 0.6 is 0 Å². The molecule has 0 amide bonds. The molecule has 0 radical (unpaired) electrons. The molecular weight excluding hydrogens is 382 g/mol. The molecule has 0 aliphatic heterocycles. The monoisotopic (exact) mass is 408 g/mol. The van der Waals surface area contributed by atoms with E-state index in [1.165, 1.54) is 6.33 Å². The van der Waals surface area contributed by atoms with Gasteiger partial charge in [-0.1, -0.05) is 6.92 Å². The highest BCUT2D eigenvalue weighted by Gasteiger charge is 2.31. The maximum absolute atomic E-state index is 10.5. The van der Waals surface area contributed by atoms with Gasteiger partial charge in [-0.15, -0.1) is 0 Å². The van der Waals surface area contributed by atoms with Crippen molar-refractivity contribution >= 4 is 11.2 Å². The van der Waals surface area contributed by atoms with Crippen molar-refractivity contribution in [2.45, 2.75) is 50.7 Å². The zero-order valence-corrected chi connectivity index (χ0v) is 17.0. The van der Waals surface area contributed by atoms with E-state index in [1.807, 2.05) is 25.3 Å². The fourth-order valence-corrected chi connectivity index (χ4v) is 4.15. The van der Waals surface area contributed by atoms with Gasteiger partial charge in [-0.2, -0.15) is 10.1 Å². The largest absolute Gasteiger partial charge is 0.479 e. The molecule has 4 aromatic heterocycles. The van der Waals surface area contributed by atoms with E-state index < -0.39 is 5.60 Å². The Morgan fingerprint density at radius 3 is 2.97 bits per heavy atom. The van der Waals surface area contributed by atoms with Crippen LogP contribution in [-0.2, 0) is 0 Å². The summed E-state index contributed by atoms with van der Waals surface area (Å²) < 4.78 is 17.4. The number of nitrogens with zero attached hydrogens (tertiary/aromatic N) is 6. The number of hydrogen-bond acceptors (Lipinski definition) is 6. The third-order valence-electron chi connectivity index (χ3n) is 6.07. The second-order valence-corrected chi connectivity index (χ2v) is 7.85. The van der Waals surface area contributed by atoms with Crippen LogP contribution in [0.15, 0.2) is 41.9 Å². The third kappa shape index (κ3) is 3.24. The van der Waals surface area contributed by atoms with E-state index in [0.29, 0.717) is 17.0 Å². The SMILES string of the molecule is [2H]c1cc(-c2ccc3ncnn3c2)c2c(OC)nc(=NC3CCC(O)(CC)CC3)[nH]n12. The summed E-state index contributed by atoms with van der Waals surface area (Å²) in [5, 5.41) is 17.8. The molecule has 0 aromatic carbocycles. The lowest BCUT2D eigenvalue weighted by molar-refractivity contribution is -0.00368. The summed E-state index contributed by atoms with van der Waals surface area (Å²) in [6.45, 7) is 2.02. The van der Waals surface area contributed by atoms with Gasteiger partial charge in [-0.05, 0) is 50.3 Å². The fraction of sp³-hybridized carbons (Fsp3) is 0.429. The summed E-state index contributed by atoms with van der Waals surface area (Å²) in [5.74, 6) is 0.394. The van der Waals surface area contributed by atoms with Crippen molar-refractivity contribution in [2.24, 2.45) is 4.99 Å². The number of pyridine rings is 1. The molecule has 2 N–H and O–H groups in total. The Balaban J connectivity index is 1.57. The van der Waals surface area contributed by atoms with E-state index in [1.54, 1.807) is 22.2 Å². The molecule has 5 rings (SSSR count). The number of rotatable bonds is 4. The van der Waals surface area contributed by atoms with Gasteiger partial charge in [0.05, 0.1) is 20.1 Å². The zero-order chi connectivity index (χ0) is 21.6. The average molecular weight is 408 g/mol. The highest BCUT2D eigenvalue weighted by molar-refractivity contribution is 5.84. The Bertz CT molecular complexity index is 1310. The first-order valence-electron chi connectivity index (χ1n) is 10.7. The van der Waals surface area contributed by atoms with Crippen molar-refractivity contribution in [1.82, 2.24) is 29.2 Å². The fourth-order valence-electron chi connectivity index (χ4n) is 4.15. The molecule has 30 heavy (non-hydrogen) atoms. The third-order valence-corrected chi connectivity index (χ3v) is 6.07. The highest BCUT2D eigenvalue weighted by atomic mass is 16.5. The van der Waals surface area contributed by atoms with Gasteiger partial charge in [-0.3, -0.25) is 9.61 Å². The second kappa shape index (κ2) is 7.24. The first-order chi connectivity index (χ1) is 15.0. The number of fused-ring (bicyclic) bond motifs is 2. The van der Waals surface area contributed by atoms with Gasteiger partial charge in [-0.25, -0.2) is 14.5 Å². The van der Waals surface area contributed by atoms with E-state index in [9.17, 15) is 5.11 Å². The van der Waals surface area contributed by atoms with Gasteiger partial charge in [0, 0.05) is 23.5 Å². The minimum atomic E-state index is -0.570. The lowest BCUT2D eigenvalue weighted by Crippen LogP contribution is -2.35. The number of hydrogen-bond donors (Lipinski definition) is 2. The molecular formula is C21H25N7O2. The van der Waals surface area contributed by atoms with Gasteiger partial charge in [0.15, 0.2) is 5.65 Å². The second-order valence-electron chi connectivity index (χ2n) is 7.85. The zero-order valence-electron chi connectivity index (χ0n) is 18.0. The summed E-state index contributed by atoms with van der Waals surface area (Å²) in [7, 11) is 1.56. The number of ether oxygens (including phenoxy) is 1. The molecule has 0 bridgehead atoms. The molecule has 4 heterocycles. The van der Waals surface area contributed by atoms with Crippen molar-refractivity contribution in [3.63, 3.8) is 0 Å². The Kier molecular flexibility index (Phi) is 4.26. The van der Waals surface area contributed by atoms with Crippen LogP contribution < -0.4 is 10.4 Å². The predicted molar refractivity (Wildman–Crippen MR) is 111 cm³/mol. The summed E-state index contributed by atoms with van der Waals surface area (Å²) in [4.78, 5) is 13.5. The highest BCUT2D eigenvalue weighted by Crippen LogP contribution is 2.32. The average Bonchev–Trinajstić information content (AvgIpc) is 3.39. The van der Waals surface area contributed by atoms with Crippen LogP contribution in [0.5, 0.6) is 5.88 Å². The van der Waals surface area contributed by atoms with Gasteiger partial charge >= 0.3 is 0 Å². The lowest BCUT2D eigenvalue weighted by Gasteiger charge is -2.33. The molecule has 0 unspecified atom stereocenters. The van der Waals surface area contributed by atoms with E-state index >= 15 is 0 Å². The topological polar surface area (TPSA) is 105 Å². The number of H-pyrrole nitrogens is 1. The summed E-state index contributed by atoms with van der Waals surface area (Å²) in [5.41, 5.74) is 2.94. The lowest BCUT2D eigenvalue weighted by atomic mass is 9.81. The Hall–Kier alpha value is -3.20. The molecule has 1 saturated carbocycles. The van der Waals surface area contributed by atoms with Crippen LogP contribution in [0, 0.1) is 0 Å². The van der Waals surface area contributed by atoms with E-state index in [-0.39, 0.29) is 12.2 Å². The maximum Gasteiger partial charge on any atom is 0.243 e. The van der Waals surface area contributed by atoms with Crippen LogP contribution in [-0.4, -0.2) is 53.1 Å². The Labute approximate surface area is 174 Å². The molecule has 1 fully saturated rings. The van der Waals surface area contributed by atoms with E-state index in [4.69, 9.17) is 11.1 Å². The van der Waals surface area contributed by atoms with Crippen LogP contribution in [0.25, 0.3) is 22.3 Å². The van der Waals surface area contributed by atoms with E-state index in [0.717, 1.165) is 48.9 Å². The molecule has 0 saturated heterocycles. The molecule has 156 valence electrons. The molecule has 1 aliphatic rings. The standard InChI is InChI=1S/C21H25N7O2/c1-3-21(29)9-6-15(7-10-21)24-20-25-19(30-2)18-16(8-11-27(18)26-20)14-4-5-17-22-13-23-28(17)12-14/h4-5,8,11-13,15,29H,3,6-7,9-10H2,1-2H3,(H,24,26)/i11D. The number of aromatic amines is 1. The van der Waals surface area contributed by atoms with Crippen molar-refractivity contribution < 1.29 is 11.2 Å². The van der Waals surface area contributed by atoms with Crippen LogP contribution in [0.4, 0.5) is 0 Å². The first kappa shape index (κ1) is 17.6. The minimum absolute atomic E-state index is 0.0802. The van der Waals surface area contributed by atoms with Crippen molar-refractivity contribution in [1.29, 1.82) is 0 Å². The Morgan fingerprint density at radius 1 is 1.37 bits per heavy atom. The normalized spacial score (nSPS) is 23.2. The number of aliphatic hydroxyl groups is 1. The first-order valence-corrected chi connectivity index (χ1v) is 10.2. The number of methoxy groups -OCH3 is 1. The Morgan fingerprint density at radius 2 is 2.20 bits per heavy atom. The molecule has 9 nitrogen and oxygen atoms in total. The molecule has 0 atom stereocenters. The maximum atomic E-state index is 10.5. The van der Waals surface area contributed by atoms with Gasteiger partial charge in [0.2, 0.25) is 11.5 Å². The summed E-state index contributed by atoms with van der Waals surface area (Å²) in [6, 6.07) is 5.66. The van der Waals surface area contributed by atoms with Crippen molar-refractivity contribution in [2.75, 3.05) is 7.11 Å². The van der Waals surface area contributed by atoms with Crippen LogP contribution in [0.2, 0.25) is 0 Å². The summed E-state index contributed by atoms with van der Waals surface area (Å²) in [6.07, 6.45) is 7.49. The molecule has 0 spiro atoms. The number of aromatic nitrogens is 6.